The van der Waals surface area contributed by atoms with Crippen LogP contribution in [0.15, 0.2) is 24.3 Å². The number of hydrogen-bond acceptors (Lipinski definition) is 7. The molecule has 2 aliphatic rings. The van der Waals surface area contributed by atoms with Gasteiger partial charge in [-0.3, -0.25) is 19.3 Å². The lowest BCUT2D eigenvalue weighted by atomic mass is 9.84. The molecule has 1 fully saturated rings. The molecule has 9 nitrogen and oxygen atoms in total. The molecule has 1 aromatic heterocycles. The van der Waals surface area contributed by atoms with Crippen molar-refractivity contribution < 1.29 is 23.9 Å². The molecule has 29 heavy (non-hydrogen) atoms. The summed E-state index contributed by atoms with van der Waals surface area (Å²) in [6.45, 7) is 2.91. The number of imide groups is 1. The third-order valence-electron chi connectivity index (χ3n) is 4.92. The number of aromatic nitrogens is 1. The van der Waals surface area contributed by atoms with Crippen molar-refractivity contribution in [2.75, 3.05) is 18.5 Å². The number of thiazole rings is 1. The number of urea groups is 1. The highest BCUT2D eigenvalue weighted by Crippen LogP contribution is 2.40. The quantitative estimate of drug-likeness (QED) is 0.582. The molecule has 2 aromatic rings. The number of rotatable bonds is 4. The number of anilines is 1. The molecular weight excluding hydrogens is 396 g/mol. The Hall–Kier alpha value is -3.27. The van der Waals surface area contributed by atoms with Gasteiger partial charge in [0.25, 0.3) is 5.91 Å². The summed E-state index contributed by atoms with van der Waals surface area (Å²) >= 11 is 1.05. The van der Waals surface area contributed by atoms with Crippen molar-refractivity contribution >= 4 is 40.1 Å². The second-order valence-corrected chi connectivity index (χ2v) is 7.86. The number of ketones is 1. The normalized spacial score (nSPS) is 20.3. The molecule has 10 heteroatoms. The third-order valence-corrected chi connectivity index (χ3v) is 6.10. The molecule has 0 unspecified atom stereocenters. The van der Waals surface area contributed by atoms with Gasteiger partial charge in [0.1, 0.15) is 12.3 Å². The summed E-state index contributed by atoms with van der Waals surface area (Å²) in [5, 5.41) is 5.54. The van der Waals surface area contributed by atoms with Crippen LogP contribution in [0.3, 0.4) is 0 Å². The highest BCUT2D eigenvalue weighted by Gasteiger charge is 2.55. The van der Waals surface area contributed by atoms with E-state index in [1.165, 1.54) is 6.92 Å². The van der Waals surface area contributed by atoms with Crippen LogP contribution >= 0.6 is 11.3 Å². The molecule has 1 spiro atoms. The van der Waals surface area contributed by atoms with Crippen molar-refractivity contribution in [3.05, 3.63) is 40.4 Å². The van der Waals surface area contributed by atoms with Crippen LogP contribution in [0.4, 0.5) is 9.93 Å². The van der Waals surface area contributed by atoms with Gasteiger partial charge in [-0.25, -0.2) is 9.78 Å². The van der Waals surface area contributed by atoms with Crippen LogP contribution in [0.2, 0.25) is 0 Å². The third kappa shape index (κ3) is 3.15. The van der Waals surface area contributed by atoms with Crippen LogP contribution in [0.1, 0.15) is 34.3 Å². The van der Waals surface area contributed by atoms with E-state index in [0.717, 1.165) is 16.2 Å². The summed E-state index contributed by atoms with van der Waals surface area (Å²) in [4.78, 5) is 55.1. The maximum absolute atomic E-state index is 13.1. The number of nitrogens with one attached hydrogen (secondary N) is 2. The highest BCUT2D eigenvalue weighted by molar-refractivity contribution is 7.17. The molecule has 1 aromatic carbocycles. The van der Waals surface area contributed by atoms with E-state index in [4.69, 9.17) is 4.74 Å². The summed E-state index contributed by atoms with van der Waals surface area (Å²) in [6, 6.07) is 6.39. The number of carbonyl (C=O) groups is 4. The second-order valence-electron chi connectivity index (χ2n) is 6.86. The molecule has 0 radical (unpaired) electrons. The van der Waals surface area contributed by atoms with Gasteiger partial charge in [0.05, 0.1) is 17.2 Å². The van der Waals surface area contributed by atoms with E-state index in [-0.39, 0.29) is 23.9 Å². The zero-order valence-electron chi connectivity index (χ0n) is 15.8. The van der Waals surface area contributed by atoms with Crippen molar-refractivity contribution in [3.8, 4) is 5.75 Å². The van der Waals surface area contributed by atoms with E-state index in [1.54, 1.807) is 31.2 Å². The Morgan fingerprint density at radius 2 is 2.10 bits per heavy atom. The molecule has 0 aliphatic carbocycles. The Bertz CT molecular complexity index is 1050. The fourth-order valence-corrected chi connectivity index (χ4v) is 4.47. The van der Waals surface area contributed by atoms with Crippen molar-refractivity contribution in [1.29, 1.82) is 0 Å². The minimum Gasteiger partial charge on any atom is -0.493 e. The fourth-order valence-electron chi connectivity index (χ4n) is 3.59. The minimum absolute atomic E-state index is 0.144. The predicted molar refractivity (Wildman–Crippen MR) is 104 cm³/mol. The maximum atomic E-state index is 13.1. The van der Waals surface area contributed by atoms with E-state index in [1.807, 2.05) is 0 Å². The van der Waals surface area contributed by atoms with Gasteiger partial charge in [-0.15, -0.1) is 0 Å². The molecule has 150 valence electrons. The first kappa shape index (κ1) is 19.1. The number of hydrogen-bond donors (Lipinski definition) is 2. The molecule has 3 heterocycles. The van der Waals surface area contributed by atoms with Crippen LogP contribution in [0.25, 0.3) is 0 Å². The molecule has 1 atom stereocenters. The molecule has 0 bridgehead atoms. The number of fused-ring (bicyclic) bond motifs is 2. The first-order valence-corrected chi connectivity index (χ1v) is 9.78. The molecule has 0 saturated carbocycles. The van der Waals surface area contributed by atoms with Crippen molar-refractivity contribution in [1.82, 2.24) is 15.2 Å². The lowest BCUT2D eigenvalue weighted by molar-refractivity contribution is -0.135. The number of Topliss-reactive ketones (excluding diaryl/α,β-unsaturated/α-hetero) is 1. The van der Waals surface area contributed by atoms with Gasteiger partial charge >= 0.3 is 6.03 Å². The van der Waals surface area contributed by atoms with Gasteiger partial charge in [0.15, 0.2) is 16.5 Å². The Kier molecular flexibility index (Phi) is 4.58. The summed E-state index contributed by atoms with van der Waals surface area (Å²) in [5.41, 5.74) is -0.133. The highest BCUT2D eigenvalue weighted by atomic mass is 32.1. The summed E-state index contributed by atoms with van der Waals surface area (Å²) < 4.78 is 5.59. The topological polar surface area (TPSA) is 118 Å². The van der Waals surface area contributed by atoms with Crippen LogP contribution in [-0.2, 0) is 15.1 Å². The zero-order valence-corrected chi connectivity index (χ0v) is 16.6. The van der Waals surface area contributed by atoms with E-state index in [0.29, 0.717) is 21.9 Å². The number of amides is 4. The van der Waals surface area contributed by atoms with E-state index < -0.39 is 29.9 Å². The summed E-state index contributed by atoms with van der Waals surface area (Å²) in [6.07, 6.45) is 0.278. The average molecular weight is 414 g/mol. The van der Waals surface area contributed by atoms with Crippen molar-refractivity contribution in [3.63, 3.8) is 0 Å². The molecule has 2 N–H and O–H groups in total. The lowest BCUT2D eigenvalue weighted by Crippen LogP contribution is -2.48. The number of aryl methyl sites for hydroxylation is 1. The van der Waals surface area contributed by atoms with E-state index in [9.17, 15) is 19.2 Å². The Morgan fingerprint density at radius 3 is 2.83 bits per heavy atom. The summed E-state index contributed by atoms with van der Waals surface area (Å²) in [7, 11) is 0. The van der Waals surface area contributed by atoms with Crippen LogP contribution < -0.4 is 15.4 Å². The Balaban J connectivity index is 1.53. The Labute approximate surface area is 170 Å². The second kappa shape index (κ2) is 6.96. The number of carbonyl (C=O) groups excluding carboxylic acids is 4. The minimum atomic E-state index is -1.23. The molecule has 1 saturated heterocycles. The lowest BCUT2D eigenvalue weighted by Gasteiger charge is -2.33. The van der Waals surface area contributed by atoms with Crippen LogP contribution in [0.5, 0.6) is 5.75 Å². The maximum Gasteiger partial charge on any atom is 0.325 e. The van der Waals surface area contributed by atoms with Gasteiger partial charge in [0.2, 0.25) is 5.91 Å². The zero-order chi connectivity index (χ0) is 20.8. The number of para-hydroxylation sites is 1. The Morgan fingerprint density at radius 1 is 1.34 bits per heavy atom. The summed E-state index contributed by atoms with van der Waals surface area (Å²) in [5.74, 6) is -0.675. The molecular formula is C19H18N4O5S. The average Bonchev–Trinajstić information content (AvgIpc) is 3.15. The molecule has 2 aliphatic heterocycles. The first-order chi connectivity index (χ1) is 13.8. The van der Waals surface area contributed by atoms with E-state index >= 15 is 0 Å². The molecule has 4 rings (SSSR count). The van der Waals surface area contributed by atoms with Crippen molar-refractivity contribution in [2.24, 2.45) is 0 Å². The first-order valence-electron chi connectivity index (χ1n) is 8.96. The monoisotopic (exact) mass is 414 g/mol. The largest absolute Gasteiger partial charge is 0.493 e. The van der Waals surface area contributed by atoms with Gasteiger partial charge in [-0.05, 0) is 13.0 Å². The molecule has 4 amide bonds. The van der Waals surface area contributed by atoms with Gasteiger partial charge in [0, 0.05) is 18.9 Å². The fraction of sp³-hybridized carbons (Fsp3) is 0.316. The van der Waals surface area contributed by atoms with Gasteiger partial charge in [-0.2, -0.15) is 0 Å². The van der Waals surface area contributed by atoms with Gasteiger partial charge < -0.3 is 15.4 Å². The number of benzene rings is 1. The number of nitrogens with zero attached hydrogens (tertiary/aromatic N) is 2. The standard InChI is InChI=1S/C19H18N4O5S/c1-10-15(11(2)24)29-17(20-10)21-14(25)9-23-16(26)19(22-18(23)27)7-8-28-13-6-4-3-5-12(13)19/h3-6H,7-9H2,1-2H3,(H,22,27)(H,20,21,25)/t19-/m1/s1. The van der Waals surface area contributed by atoms with E-state index in [2.05, 4.69) is 15.6 Å². The predicted octanol–water partition coefficient (Wildman–Crippen LogP) is 1.82. The smallest absolute Gasteiger partial charge is 0.325 e. The van der Waals surface area contributed by atoms with Gasteiger partial charge in [-0.1, -0.05) is 29.5 Å². The number of ether oxygens (including phenoxy) is 1. The van der Waals surface area contributed by atoms with Crippen LogP contribution in [0, 0.1) is 6.92 Å². The SMILES string of the molecule is CC(=O)c1sc(NC(=O)CN2C(=O)N[C@@]3(CCOc4ccccc43)C2=O)nc1C. The van der Waals surface area contributed by atoms with Crippen molar-refractivity contribution in [2.45, 2.75) is 25.8 Å². The van der Waals surface area contributed by atoms with Crippen LogP contribution in [-0.4, -0.2) is 46.7 Å².